The fraction of sp³-hybridized carbons (Fsp3) is 0. The van der Waals surface area contributed by atoms with E-state index in [2.05, 4.69) is 30.6 Å². The van der Waals surface area contributed by atoms with Crippen LogP contribution in [0.15, 0.2) is 24.3 Å². The Hall–Kier alpha value is -2.57. The largest absolute Gasteiger partial charge is 0.336 e. The Morgan fingerprint density at radius 3 is 3.12 bits per heavy atom. The van der Waals surface area contributed by atoms with E-state index in [0.29, 0.717) is 11.4 Å². The lowest BCUT2D eigenvalue weighted by molar-refractivity contribution is 0.738. The molecule has 0 atom stereocenters. The number of aromatic amines is 1. The van der Waals surface area contributed by atoms with Crippen molar-refractivity contribution >= 4 is 27.8 Å². The standard InChI is InChI=1S/C9H5N7/c1-2-4-6-5(3-1)7-8(10-6)13-16-9(11-7)12-14-15-16/h1-4H,(H,10,13). The highest BCUT2D eigenvalue weighted by atomic mass is 15.6. The average molecular weight is 211 g/mol. The van der Waals surface area contributed by atoms with Crippen molar-refractivity contribution in [2.24, 2.45) is 0 Å². The van der Waals surface area contributed by atoms with Gasteiger partial charge in [0.05, 0.1) is 0 Å². The molecule has 0 amide bonds. The fourth-order valence-electron chi connectivity index (χ4n) is 1.80. The van der Waals surface area contributed by atoms with E-state index in [-0.39, 0.29) is 0 Å². The van der Waals surface area contributed by atoms with Crippen LogP contribution in [0.4, 0.5) is 0 Å². The molecular formula is C9H5N7. The zero-order valence-electron chi connectivity index (χ0n) is 7.99. The number of tetrazole rings is 1. The van der Waals surface area contributed by atoms with E-state index in [4.69, 9.17) is 0 Å². The highest BCUT2D eigenvalue weighted by Crippen LogP contribution is 2.21. The maximum Gasteiger partial charge on any atom is 0.292 e. The number of benzene rings is 1. The molecule has 0 aliphatic rings. The first-order valence-electron chi connectivity index (χ1n) is 4.75. The van der Waals surface area contributed by atoms with Crippen LogP contribution in [0.1, 0.15) is 0 Å². The van der Waals surface area contributed by atoms with Gasteiger partial charge in [-0.1, -0.05) is 27.9 Å². The number of para-hydroxylation sites is 1. The third-order valence-electron chi connectivity index (χ3n) is 2.50. The van der Waals surface area contributed by atoms with E-state index in [1.807, 2.05) is 24.3 Å². The molecule has 0 aliphatic carbocycles. The van der Waals surface area contributed by atoms with Crippen molar-refractivity contribution in [1.82, 2.24) is 35.2 Å². The third kappa shape index (κ3) is 0.842. The summed E-state index contributed by atoms with van der Waals surface area (Å²) in [5.74, 6) is 0.400. The molecule has 4 aromatic rings. The summed E-state index contributed by atoms with van der Waals surface area (Å²) < 4.78 is 1.30. The second-order valence-corrected chi connectivity index (χ2v) is 3.45. The summed E-state index contributed by atoms with van der Waals surface area (Å²) in [4.78, 5) is 7.53. The van der Waals surface area contributed by atoms with Crippen molar-refractivity contribution in [3.8, 4) is 0 Å². The van der Waals surface area contributed by atoms with Crippen LogP contribution >= 0.6 is 0 Å². The Kier molecular flexibility index (Phi) is 1.21. The van der Waals surface area contributed by atoms with Crippen LogP contribution in [-0.2, 0) is 0 Å². The molecule has 0 bridgehead atoms. The monoisotopic (exact) mass is 211 g/mol. The average Bonchev–Trinajstić information content (AvgIpc) is 2.88. The smallest absolute Gasteiger partial charge is 0.292 e. The normalized spacial score (nSPS) is 11.8. The lowest BCUT2D eigenvalue weighted by atomic mass is 10.2. The number of aromatic nitrogens is 7. The van der Waals surface area contributed by atoms with Gasteiger partial charge in [-0.3, -0.25) is 0 Å². The molecule has 0 aliphatic heterocycles. The Bertz CT molecular complexity index is 812. The SMILES string of the molecule is c1ccc2c(c1)[nH]c1nn3nnnc3nc12. The fourth-order valence-corrected chi connectivity index (χ4v) is 1.80. The van der Waals surface area contributed by atoms with Crippen molar-refractivity contribution in [2.75, 3.05) is 0 Å². The van der Waals surface area contributed by atoms with E-state index in [1.165, 1.54) is 4.63 Å². The minimum atomic E-state index is 0.400. The van der Waals surface area contributed by atoms with Gasteiger partial charge in [-0.2, -0.15) is 0 Å². The van der Waals surface area contributed by atoms with Crippen molar-refractivity contribution in [1.29, 1.82) is 0 Å². The van der Waals surface area contributed by atoms with Gasteiger partial charge in [0.15, 0.2) is 5.65 Å². The topological polar surface area (TPSA) is 84.7 Å². The van der Waals surface area contributed by atoms with Crippen LogP contribution < -0.4 is 0 Å². The number of nitrogens with zero attached hydrogens (tertiary/aromatic N) is 6. The Labute approximate surface area is 88.1 Å². The third-order valence-corrected chi connectivity index (χ3v) is 2.50. The number of hydrogen-bond donors (Lipinski definition) is 1. The quantitative estimate of drug-likeness (QED) is 0.459. The van der Waals surface area contributed by atoms with E-state index < -0.39 is 0 Å². The molecule has 0 radical (unpaired) electrons. The van der Waals surface area contributed by atoms with Gasteiger partial charge in [0.25, 0.3) is 5.78 Å². The second-order valence-electron chi connectivity index (χ2n) is 3.45. The van der Waals surface area contributed by atoms with E-state index >= 15 is 0 Å². The van der Waals surface area contributed by atoms with Crippen LogP contribution in [0.3, 0.4) is 0 Å². The summed E-state index contributed by atoms with van der Waals surface area (Å²) in [5, 5.41) is 16.2. The maximum absolute atomic E-state index is 4.36. The van der Waals surface area contributed by atoms with Gasteiger partial charge < -0.3 is 4.98 Å². The van der Waals surface area contributed by atoms with E-state index in [9.17, 15) is 0 Å². The maximum atomic E-state index is 4.36. The Morgan fingerprint density at radius 2 is 2.12 bits per heavy atom. The van der Waals surface area contributed by atoms with Crippen molar-refractivity contribution in [3.05, 3.63) is 24.3 Å². The van der Waals surface area contributed by atoms with E-state index in [0.717, 1.165) is 16.4 Å². The van der Waals surface area contributed by atoms with Gasteiger partial charge in [0.1, 0.15) is 5.52 Å². The van der Waals surface area contributed by atoms with Crippen LogP contribution in [0.2, 0.25) is 0 Å². The zero-order valence-corrected chi connectivity index (χ0v) is 7.99. The minimum Gasteiger partial charge on any atom is -0.336 e. The Balaban J connectivity index is 2.32. The zero-order chi connectivity index (χ0) is 10.5. The number of rotatable bonds is 0. The molecule has 7 heteroatoms. The van der Waals surface area contributed by atoms with Crippen LogP contribution in [-0.4, -0.2) is 35.2 Å². The second kappa shape index (κ2) is 2.51. The molecule has 0 spiro atoms. The van der Waals surface area contributed by atoms with Crippen molar-refractivity contribution < 1.29 is 0 Å². The van der Waals surface area contributed by atoms with Gasteiger partial charge in [-0.25, -0.2) is 4.98 Å². The van der Waals surface area contributed by atoms with Crippen molar-refractivity contribution in [3.63, 3.8) is 0 Å². The van der Waals surface area contributed by atoms with Crippen molar-refractivity contribution in [2.45, 2.75) is 0 Å². The molecule has 7 nitrogen and oxygen atoms in total. The molecule has 4 rings (SSSR count). The number of hydrogen-bond acceptors (Lipinski definition) is 5. The van der Waals surface area contributed by atoms with Crippen LogP contribution in [0.5, 0.6) is 0 Å². The van der Waals surface area contributed by atoms with Gasteiger partial charge in [-0.15, -0.1) is 5.10 Å². The molecule has 3 aromatic heterocycles. The first-order chi connectivity index (χ1) is 7.92. The summed E-state index contributed by atoms with van der Waals surface area (Å²) in [7, 11) is 0. The Morgan fingerprint density at radius 1 is 1.19 bits per heavy atom. The number of nitrogens with one attached hydrogen (secondary N) is 1. The molecule has 76 valence electrons. The van der Waals surface area contributed by atoms with Gasteiger partial charge >= 0.3 is 0 Å². The predicted octanol–water partition coefficient (Wildman–Crippen LogP) is 0.549. The summed E-state index contributed by atoms with van der Waals surface area (Å²) in [5.41, 5.74) is 2.47. The first-order valence-corrected chi connectivity index (χ1v) is 4.75. The molecule has 0 saturated heterocycles. The highest BCUT2D eigenvalue weighted by molar-refractivity contribution is 6.03. The molecule has 0 fully saturated rings. The van der Waals surface area contributed by atoms with Gasteiger partial charge in [0, 0.05) is 10.9 Å². The molecule has 3 heterocycles. The molecule has 1 N–H and O–H groups in total. The number of H-pyrrole nitrogens is 1. The molecular weight excluding hydrogens is 206 g/mol. The minimum absolute atomic E-state index is 0.400. The molecule has 0 saturated carbocycles. The first kappa shape index (κ1) is 7.69. The summed E-state index contributed by atoms with van der Waals surface area (Å²) in [6, 6.07) is 7.89. The highest BCUT2D eigenvalue weighted by Gasteiger charge is 2.09. The van der Waals surface area contributed by atoms with Gasteiger partial charge in [-0.05, 0) is 16.5 Å². The molecule has 16 heavy (non-hydrogen) atoms. The lowest BCUT2D eigenvalue weighted by Gasteiger charge is -1.89. The summed E-state index contributed by atoms with van der Waals surface area (Å²) >= 11 is 0. The molecule has 0 unspecified atom stereocenters. The lowest BCUT2D eigenvalue weighted by Crippen LogP contribution is -1.96. The number of fused-ring (bicyclic) bond motifs is 4. The summed E-state index contributed by atoms with van der Waals surface area (Å²) in [6.45, 7) is 0. The van der Waals surface area contributed by atoms with E-state index in [1.54, 1.807) is 0 Å². The molecule has 1 aromatic carbocycles. The van der Waals surface area contributed by atoms with Crippen LogP contribution in [0, 0.1) is 0 Å². The van der Waals surface area contributed by atoms with Gasteiger partial charge in [0.2, 0.25) is 0 Å². The predicted molar refractivity (Wildman–Crippen MR) is 55.7 cm³/mol. The summed E-state index contributed by atoms with van der Waals surface area (Å²) in [6.07, 6.45) is 0. The van der Waals surface area contributed by atoms with Crippen LogP contribution in [0.25, 0.3) is 27.8 Å².